The maximum absolute atomic E-state index is 11.1. The van der Waals surface area contributed by atoms with E-state index in [1.165, 1.54) is 0 Å². The van der Waals surface area contributed by atoms with Crippen molar-refractivity contribution < 1.29 is 8.98 Å². The van der Waals surface area contributed by atoms with Crippen molar-refractivity contribution in [3.8, 4) is 0 Å². The van der Waals surface area contributed by atoms with Crippen LogP contribution >= 0.6 is 12.0 Å². The highest BCUT2D eigenvalue weighted by atomic mass is 32.2. The Morgan fingerprint density at radius 1 is 1.50 bits per heavy atom. The Morgan fingerprint density at radius 3 is 2.79 bits per heavy atom. The topological polar surface area (TPSA) is 26.3 Å². The van der Waals surface area contributed by atoms with Crippen LogP contribution in [0.3, 0.4) is 0 Å². The molecule has 14 heavy (non-hydrogen) atoms. The van der Waals surface area contributed by atoms with Crippen LogP contribution in [0.25, 0.3) is 0 Å². The Morgan fingerprint density at radius 2 is 2.21 bits per heavy atom. The summed E-state index contributed by atoms with van der Waals surface area (Å²) in [5, 5.41) is 0. The molecule has 0 aromatic heterocycles. The minimum atomic E-state index is -0.378. The van der Waals surface area contributed by atoms with Crippen LogP contribution in [0.5, 0.6) is 0 Å². The average molecular weight is 208 g/mol. The van der Waals surface area contributed by atoms with Gasteiger partial charge in [-0.3, -0.25) is 0 Å². The number of carbonyl (C=O) groups is 1. The first-order valence-electron chi connectivity index (χ1n) is 4.20. The summed E-state index contributed by atoms with van der Waals surface area (Å²) >= 11 is 1.06. The summed E-state index contributed by atoms with van der Waals surface area (Å²) in [5.41, 5.74) is 1.55. The molecule has 0 unspecified atom stereocenters. The van der Waals surface area contributed by atoms with Crippen LogP contribution in [0, 0.1) is 6.92 Å². The molecule has 0 saturated carbocycles. The van der Waals surface area contributed by atoms with Crippen LogP contribution in [0.1, 0.15) is 12.5 Å². The van der Waals surface area contributed by atoms with Crippen molar-refractivity contribution >= 4 is 18.0 Å². The highest BCUT2D eigenvalue weighted by Gasteiger charge is 2.04. The van der Waals surface area contributed by atoms with Gasteiger partial charge in [-0.05, 0) is 31.5 Å². The van der Waals surface area contributed by atoms with E-state index < -0.39 is 0 Å². The van der Waals surface area contributed by atoms with Crippen molar-refractivity contribution in [1.82, 2.24) is 0 Å². The van der Waals surface area contributed by atoms with Gasteiger partial charge in [-0.2, -0.15) is 0 Å². The highest BCUT2D eigenvalue weighted by Crippen LogP contribution is 2.20. The lowest BCUT2D eigenvalue weighted by molar-refractivity contribution is -0.128. The van der Waals surface area contributed by atoms with Gasteiger partial charge in [0, 0.05) is 10.5 Å². The average Bonchev–Trinajstić information content (AvgIpc) is 2.14. The minimum Gasteiger partial charge on any atom is -0.383 e. The Labute approximate surface area is 88.2 Å². The lowest BCUT2D eigenvalue weighted by Crippen LogP contribution is -1.98. The molecule has 0 amide bonds. The quantitative estimate of drug-likeness (QED) is 0.564. The number of hydrogen-bond acceptors (Lipinski definition) is 3. The summed E-state index contributed by atoms with van der Waals surface area (Å²) in [6.07, 6.45) is 0. The molecule has 74 valence electrons. The third-order valence-corrected chi connectivity index (χ3v) is 2.23. The highest BCUT2D eigenvalue weighted by molar-refractivity contribution is 7.95. The normalized spacial score (nSPS) is 9.57. The number of aryl methyl sites for hydroxylation is 1. The van der Waals surface area contributed by atoms with Gasteiger partial charge in [-0.25, -0.2) is 4.79 Å². The molecule has 1 aromatic carbocycles. The van der Waals surface area contributed by atoms with Crippen LogP contribution in [0.2, 0.25) is 0 Å². The molecule has 0 heterocycles. The van der Waals surface area contributed by atoms with Crippen molar-refractivity contribution in [3.05, 3.63) is 42.0 Å². The standard InChI is InChI=1S/C11H12O2S/c1-8(2)11(12)13-14-10-6-4-5-9(3)7-10/h4-7H,1H2,2-3H3. The second kappa shape index (κ2) is 4.86. The first-order valence-corrected chi connectivity index (χ1v) is 4.95. The molecule has 0 N–H and O–H groups in total. The molecule has 0 aliphatic heterocycles. The molecule has 2 nitrogen and oxygen atoms in total. The third-order valence-electron chi connectivity index (χ3n) is 1.55. The summed E-state index contributed by atoms with van der Waals surface area (Å²) in [6.45, 7) is 7.11. The molecule has 0 aliphatic carbocycles. The second-order valence-corrected chi connectivity index (χ2v) is 3.86. The molecule has 0 saturated heterocycles. The minimum absolute atomic E-state index is 0.378. The van der Waals surface area contributed by atoms with Crippen LogP contribution in [-0.2, 0) is 8.98 Å². The van der Waals surface area contributed by atoms with E-state index in [2.05, 4.69) is 6.58 Å². The van der Waals surface area contributed by atoms with Crippen LogP contribution in [0.15, 0.2) is 41.3 Å². The maximum Gasteiger partial charge on any atom is 0.345 e. The van der Waals surface area contributed by atoms with Gasteiger partial charge < -0.3 is 4.18 Å². The summed E-state index contributed by atoms with van der Waals surface area (Å²) in [5.74, 6) is -0.378. The second-order valence-electron chi connectivity index (χ2n) is 3.05. The van der Waals surface area contributed by atoms with Gasteiger partial charge in [0.1, 0.15) is 0 Å². The Bertz CT molecular complexity index is 358. The lowest BCUT2D eigenvalue weighted by Gasteiger charge is -2.02. The van der Waals surface area contributed by atoms with Crippen LogP contribution in [-0.4, -0.2) is 5.97 Å². The van der Waals surface area contributed by atoms with E-state index in [9.17, 15) is 4.79 Å². The van der Waals surface area contributed by atoms with Crippen molar-refractivity contribution in [3.63, 3.8) is 0 Å². The van der Waals surface area contributed by atoms with Gasteiger partial charge in [-0.1, -0.05) is 18.7 Å². The molecule has 1 aromatic rings. The zero-order valence-corrected chi connectivity index (χ0v) is 9.06. The fourth-order valence-electron chi connectivity index (χ4n) is 0.824. The van der Waals surface area contributed by atoms with Crippen molar-refractivity contribution in [1.29, 1.82) is 0 Å². The van der Waals surface area contributed by atoms with Crippen molar-refractivity contribution in [2.24, 2.45) is 0 Å². The monoisotopic (exact) mass is 208 g/mol. The van der Waals surface area contributed by atoms with E-state index in [1.807, 2.05) is 31.2 Å². The van der Waals surface area contributed by atoms with Gasteiger partial charge in [0.2, 0.25) is 0 Å². The van der Waals surface area contributed by atoms with E-state index in [0.29, 0.717) is 5.57 Å². The molecule has 0 aliphatic rings. The summed E-state index contributed by atoms with van der Waals surface area (Å²) < 4.78 is 4.92. The summed E-state index contributed by atoms with van der Waals surface area (Å²) in [4.78, 5) is 12.0. The van der Waals surface area contributed by atoms with Crippen LogP contribution in [0.4, 0.5) is 0 Å². The number of hydrogen-bond donors (Lipinski definition) is 0. The summed E-state index contributed by atoms with van der Waals surface area (Å²) in [7, 11) is 0. The van der Waals surface area contributed by atoms with Gasteiger partial charge in [0.05, 0.1) is 12.0 Å². The van der Waals surface area contributed by atoms with Crippen LogP contribution < -0.4 is 0 Å². The largest absolute Gasteiger partial charge is 0.383 e. The molecule has 1 rings (SSSR count). The smallest absolute Gasteiger partial charge is 0.345 e. The van der Waals surface area contributed by atoms with Crippen molar-refractivity contribution in [2.75, 3.05) is 0 Å². The number of rotatable bonds is 3. The van der Waals surface area contributed by atoms with E-state index >= 15 is 0 Å². The third kappa shape index (κ3) is 3.26. The zero-order chi connectivity index (χ0) is 10.6. The predicted molar refractivity (Wildman–Crippen MR) is 57.9 cm³/mol. The Kier molecular flexibility index (Phi) is 3.77. The maximum atomic E-state index is 11.1. The van der Waals surface area contributed by atoms with E-state index in [1.54, 1.807) is 6.92 Å². The summed E-state index contributed by atoms with van der Waals surface area (Å²) in [6, 6.07) is 7.76. The lowest BCUT2D eigenvalue weighted by atomic mass is 10.2. The zero-order valence-electron chi connectivity index (χ0n) is 8.24. The molecule has 0 bridgehead atoms. The van der Waals surface area contributed by atoms with Gasteiger partial charge in [-0.15, -0.1) is 0 Å². The first-order chi connectivity index (χ1) is 6.59. The molecular weight excluding hydrogens is 196 g/mol. The van der Waals surface area contributed by atoms with E-state index in [-0.39, 0.29) is 5.97 Å². The molecular formula is C11H12O2S. The molecule has 3 heteroatoms. The molecule has 0 atom stereocenters. The number of benzene rings is 1. The Balaban J connectivity index is 2.54. The SMILES string of the molecule is C=C(C)C(=O)OSc1cccc(C)c1. The van der Waals surface area contributed by atoms with E-state index in [0.717, 1.165) is 22.5 Å². The fraction of sp³-hybridized carbons (Fsp3) is 0.182. The van der Waals surface area contributed by atoms with Crippen molar-refractivity contribution in [2.45, 2.75) is 18.7 Å². The Hall–Kier alpha value is -1.22. The van der Waals surface area contributed by atoms with E-state index in [4.69, 9.17) is 4.18 Å². The van der Waals surface area contributed by atoms with Gasteiger partial charge in [0.15, 0.2) is 0 Å². The fourth-order valence-corrected chi connectivity index (χ4v) is 1.51. The van der Waals surface area contributed by atoms with Gasteiger partial charge >= 0.3 is 5.97 Å². The molecule has 0 radical (unpaired) electrons. The van der Waals surface area contributed by atoms with Gasteiger partial charge in [0.25, 0.3) is 0 Å². The molecule has 0 fully saturated rings. The first kappa shape index (κ1) is 10.9. The predicted octanol–water partition coefficient (Wildman–Crippen LogP) is 3.12. The number of carbonyl (C=O) groups excluding carboxylic acids is 1. The molecule has 0 spiro atoms.